The normalized spacial score (nSPS) is 14.5. The van der Waals surface area contributed by atoms with E-state index in [0.717, 1.165) is 0 Å². The van der Waals surface area contributed by atoms with E-state index in [2.05, 4.69) is 9.97 Å². The van der Waals surface area contributed by atoms with E-state index in [1.807, 2.05) is 32.8 Å². The summed E-state index contributed by atoms with van der Waals surface area (Å²) < 4.78 is 5.07. The molecule has 0 spiro atoms. The molecule has 0 N–H and O–H groups in total. The van der Waals surface area contributed by atoms with Crippen LogP contribution in [0.1, 0.15) is 30.8 Å². The minimum atomic E-state index is -0.594. The molecule has 0 fully saturated rings. The summed E-state index contributed by atoms with van der Waals surface area (Å²) in [6.45, 7) is 3.87. The Labute approximate surface area is 102 Å². The van der Waals surface area contributed by atoms with Crippen molar-refractivity contribution in [2.24, 2.45) is 0 Å². The summed E-state index contributed by atoms with van der Waals surface area (Å²) in [5.41, 5.74) is -0.309. The molecule has 1 aromatic heterocycles. The Morgan fingerprint density at radius 2 is 2.00 bits per heavy atom. The lowest BCUT2D eigenvalue weighted by atomic mass is 9.90. The maximum Gasteiger partial charge on any atom is 0.243 e. The molecule has 0 aliphatic carbocycles. The van der Waals surface area contributed by atoms with Crippen molar-refractivity contribution in [1.82, 2.24) is 14.9 Å². The molecule has 1 rings (SSSR count). The number of nitrogens with zero attached hydrogens (tertiary/aromatic N) is 3. The number of carbonyl (C=O) groups excluding carboxylic acids is 1. The molecule has 0 aromatic carbocycles. The number of carbonyl (C=O) groups is 1. The Morgan fingerprint density at radius 3 is 2.47 bits per heavy atom. The number of Topliss-reactive ketones (excluding diaryl/α,β-unsaturated/α-hetero) is 1. The third-order valence-corrected chi connectivity index (χ3v) is 3.24. The quantitative estimate of drug-likeness (QED) is 0.724. The molecular weight excluding hydrogens is 218 g/mol. The molecule has 5 nitrogen and oxygen atoms in total. The fourth-order valence-electron chi connectivity index (χ4n) is 1.57. The van der Waals surface area contributed by atoms with Crippen LogP contribution in [-0.4, -0.2) is 47.4 Å². The van der Waals surface area contributed by atoms with Crippen LogP contribution < -0.4 is 4.74 Å². The molecule has 1 unspecified atom stereocenters. The number of hydrogen-bond donors (Lipinski definition) is 0. The van der Waals surface area contributed by atoms with E-state index in [0.29, 0.717) is 6.42 Å². The summed E-state index contributed by atoms with van der Waals surface area (Å²) in [6, 6.07) is 0. The fraction of sp³-hybridized carbons (Fsp3) is 0.583. The topological polar surface area (TPSA) is 55.3 Å². The lowest BCUT2D eigenvalue weighted by molar-refractivity contribution is 0.0700. The second-order valence-electron chi connectivity index (χ2n) is 4.27. The Balaban J connectivity index is 3.19. The van der Waals surface area contributed by atoms with Crippen molar-refractivity contribution in [3.63, 3.8) is 0 Å². The van der Waals surface area contributed by atoms with Crippen LogP contribution in [0.15, 0.2) is 12.4 Å². The zero-order valence-corrected chi connectivity index (χ0v) is 11.0. The Kier molecular flexibility index (Phi) is 4.17. The van der Waals surface area contributed by atoms with E-state index in [-0.39, 0.29) is 17.4 Å². The van der Waals surface area contributed by atoms with Gasteiger partial charge in [-0.2, -0.15) is 0 Å². The first kappa shape index (κ1) is 13.6. The van der Waals surface area contributed by atoms with E-state index < -0.39 is 5.54 Å². The van der Waals surface area contributed by atoms with Crippen molar-refractivity contribution in [2.75, 3.05) is 21.2 Å². The first-order valence-electron chi connectivity index (χ1n) is 5.54. The second-order valence-corrected chi connectivity index (χ2v) is 4.27. The monoisotopic (exact) mass is 237 g/mol. The molecule has 0 saturated carbocycles. The van der Waals surface area contributed by atoms with Crippen LogP contribution in [-0.2, 0) is 0 Å². The smallest absolute Gasteiger partial charge is 0.243 e. The Bertz CT molecular complexity index is 406. The summed E-state index contributed by atoms with van der Waals surface area (Å²) in [5, 5.41) is 0. The van der Waals surface area contributed by atoms with Gasteiger partial charge in [-0.15, -0.1) is 0 Å². The van der Waals surface area contributed by atoms with Crippen LogP contribution in [0.4, 0.5) is 0 Å². The van der Waals surface area contributed by atoms with Gasteiger partial charge in [0.05, 0.1) is 12.6 Å². The summed E-state index contributed by atoms with van der Waals surface area (Å²) in [4.78, 5) is 22.5. The molecule has 1 atom stereocenters. The van der Waals surface area contributed by atoms with Gasteiger partial charge in [0.2, 0.25) is 11.7 Å². The van der Waals surface area contributed by atoms with Gasteiger partial charge in [0.25, 0.3) is 0 Å². The maximum absolute atomic E-state index is 12.5. The highest BCUT2D eigenvalue weighted by Crippen LogP contribution is 2.24. The number of ether oxygens (including phenoxy) is 1. The number of aromatic nitrogens is 2. The molecule has 0 bridgehead atoms. The first-order chi connectivity index (χ1) is 7.97. The predicted octanol–water partition coefficient (Wildman–Crippen LogP) is 1.40. The fourth-order valence-corrected chi connectivity index (χ4v) is 1.57. The van der Waals surface area contributed by atoms with Crippen molar-refractivity contribution < 1.29 is 9.53 Å². The van der Waals surface area contributed by atoms with Crippen molar-refractivity contribution in [1.29, 1.82) is 0 Å². The molecule has 1 aromatic rings. The Morgan fingerprint density at radius 1 is 1.41 bits per heavy atom. The predicted molar refractivity (Wildman–Crippen MR) is 65.3 cm³/mol. The molecular formula is C12H19N3O2. The van der Waals surface area contributed by atoms with Crippen LogP contribution >= 0.6 is 0 Å². The second kappa shape index (κ2) is 5.23. The van der Waals surface area contributed by atoms with Crippen LogP contribution in [0.3, 0.4) is 0 Å². The van der Waals surface area contributed by atoms with Gasteiger partial charge in [-0.05, 0) is 27.4 Å². The highest BCUT2D eigenvalue weighted by atomic mass is 16.5. The zero-order valence-electron chi connectivity index (χ0n) is 11.0. The van der Waals surface area contributed by atoms with Crippen LogP contribution in [0.2, 0.25) is 0 Å². The molecule has 0 saturated heterocycles. The number of hydrogen-bond acceptors (Lipinski definition) is 5. The van der Waals surface area contributed by atoms with Gasteiger partial charge in [-0.3, -0.25) is 9.69 Å². The summed E-state index contributed by atoms with van der Waals surface area (Å²) in [5.74, 6) is 0.203. The highest BCUT2D eigenvalue weighted by molar-refractivity contribution is 6.03. The van der Waals surface area contributed by atoms with Gasteiger partial charge in [-0.1, -0.05) is 6.92 Å². The van der Waals surface area contributed by atoms with Crippen molar-refractivity contribution in [3.05, 3.63) is 18.1 Å². The first-order valence-corrected chi connectivity index (χ1v) is 5.54. The lowest BCUT2D eigenvalue weighted by Gasteiger charge is -2.33. The average molecular weight is 237 g/mol. The van der Waals surface area contributed by atoms with Crippen LogP contribution in [0.25, 0.3) is 0 Å². The van der Waals surface area contributed by atoms with Crippen molar-refractivity contribution in [2.45, 2.75) is 25.8 Å². The van der Waals surface area contributed by atoms with Crippen LogP contribution in [0, 0.1) is 0 Å². The van der Waals surface area contributed by atoms with Gasteiger partial charge in [-0.25, -0.2) is 9.97 Å². The molecule has 0 radical (unpaired) electrons. The Hall–Kier alpha value is -1.49. The average Bonchev–Trinajstić information content (AvgIpc) is 2.36. The van der Waals surface area contributed by atoms with E-state index in [4.69, 9.17) is 4.74 Å². The minimum absolute atomic E-state index is 0.0741. The molecule has 0 aliphatic rings. The zero-order chi connectivity index (χ0) is 13.1. The molecule has 94 valence electrons. The van der Waals surface area contributed by atoms with Gasteiger partial charge in [0.1, 0.15) is 0 Å². The number of ketones is 1. The standard InChI is InChI=1S/C12H19N3O2/c1-6-12(2,15(3)4)10(16)9-11(17-5)14-8-7-13-9/h7-8H,6H2,1-5H3. The van der Waals surface area contributed by atoms with Gasteiger partial charge in [0.15, 0.2) is 5.69 Å². The molecule has 0 amide bonds. The molecule has 5 heteroatoms. The number of likely N-dealkylation sites (N-methyl/N-ethyl adjacent to an activating group) is 1. The largest absolute Gasteiger partial charge is 0.479 e. The molecule has 17 heavy (non-hydrogen) atoms. The van der Waals surface area contributed by atoms with Gasteiger partial charge >= 0.3 is 0 Å². The summed E-state index contributed by atoms with van der Waals surface area (Å²) in [6.07, 6.45) is 3.70. The van der Waals surface area contributed by atoms with Crippen molar-refractivity contribution >= 4 is 5.78 Å². The third kappa shape index (κ3) is 2.44. The number of rotatable bonds is 5. The van der Waals surface area contributed by atoms with E-state index >= 15 is 0 Å². The molecule has 1 heterocycles. The lowest BCUT2D eigenvalue weighted by Crippen LogP contribution is -2.48. The third-order valence-electron chi connectivity index (χ3n) is 3.24. The van der Waals surface area contributed by atoms with Gasteiger partial charge < -0.3 is 4.74 Å². The SMILES string of the molecule is CCC(C)(C(=O)c1nccnc1OC)N(C)C. The van der Waals surface area contributed by atoms with E-state index in [9.17, 15) is 4.79 Å². The highest BCUT2D eigenvalue weighted by Gasteiger charge is 2.37. The van der Waals surface area contributed by atoms with E-state index in [1.54, 1.807) is 0 Å². The van der Waals surface area contributed by atoms with Crippen LogP contribution in [0.5, 0.6) is 5.88 Å². The minimum Gasteiger partial charge on any atom is -0.479 e. The maximum atomic E-state index is 12.5. The summed E-state index contributed by atoms with van der Waals surface area (Å²) in [7, 11) is 5.24. The van der Waals surface area contributed by atoms with Gasteiger partial charge in [0, 0.05) is 12.4 Å². The van der Waals surface area contributed by atoms with E-state index in [1.165, 1.54) is 19.5 Å². The molecule has 0 aliphatic heterocycles. The van der Waals surface area contributed by atoms with Crippen molar-refractivity contribution in [3.8, 4) is 5.88 Å². The number of methoxy groups -OCH3 is 1. The summed E-state index contributed by atoms with van der Waals surface area (Å²) >= 11 is 0.